The fourth-order valence-corrected chi connectivity index (χ4v) is 3.59. The number of nitrogens with zero attached hydrogens (tertiary/aromatic N) is 5. The predicted molar refractivity (Wildman–Crippen MR) is 88.1 cm³/mol. The standard InChI is InChI=1S/C16H28N6O/c1-3-22-18-13(2)15(19-22)11-17-16(23)21-10-6-7-14(21)12-20-8-4-5-9-20/h14H,3-12H2,1-2H3,(H,17,23). The van der Waals surface area contributed by atoms with Gasteiger partial charge in [0.05, 0.1) is 18.8 Å². The summed E-state index contributed by atoms with van der Waals surface area (Å²) in [5, 5.41) is 11.7. The van der Waals surface area contributed by atoms with Gasteiger partial charge in [0.2, 0.25) is 0 Å². The molecule has 2 amide bonds. The van der Waals surface area contributed by atoms with Crippen LogP contribution in [0.5, 0.6) is 0 Å². The Bertz CT molecular complexity index is 537. The van der Waals surface area contributed by atoms with E-state index < -0.39 is 0 Å². The molecule has 0 radical (unpaired) electrons. The molecule has 0 saturated carbocycles. The quantitative estimate of drug-likeness (QED) is 0.890. The van der Waals surface area contributed by atoms with E-state index in [0.717, 1.165) is 43.9 Å². The maximum absolute atomic E-state index is 12.5. The van der Waals surface area contributed by atoms with Crippen LogP contribution in [0, 0.1) is 6.92 Å². The second kappa shape index (κ2) is 7.29. The first-order valence-electron chi connectivity index (χ1n) is 8.84. The first-order valence-corrected chi connectivity index (χ1v) is 8.84. The Kier molecular flexibility index (Phi) is 5.15. The monoisotopic (exact) mass is 320 g/mol. The smallest absolute Gasteiger partial charge is 0.318 e. The van der Waals surface area contributed by atoms with E-state index in [1.165, 1.54) is 25.9 Å². The number of carbonyl (C=O) groups excluding carboxylic acids is 1. The zero-order valence-corrected chi connectivity index (χ0v) is 14.3. The molecule has 1 unspecified atom stereocenters. The molecule has 1 atom stereocenters. The number of hydrogen-bond donors (Lipinski definition) is 1. The van der Waals surface area contributed by atoms with Crippen molar-refractivity contribution >= 4 is 6.03 Å². The molecule has 1 N–H and O–H groups in total. The van der Waals surface area contributed by atoms with Crippen LogP contribution >= 0.6 is 0 Å². The second-order valence-corrected chi connectivity index (χ2v) is 6.58. The fraction of sp³-hybridized carbons (Fsp3) is 0.812. The molecule has 2 aliphatic rings. The van der Waals surface area contributed by atoms with Crippen LogP contribution in [0.3, 0.4) is 0 Å². The molecule has 3 rings (SSSR count). The van der Waals surface area contributed by atoms with Gasteiger partial charge in [-0.2, -0.15) is 15.0 Å². The summed E-state index contributed by atoms with van der Waals surface area (Å²) >= 11 is 0. The van der Waals surface area contributed by atoms with Crippen LogP contribution in [0.2, 0.25) is 0 Å². The normalized spacial score (nSPS) is 22.0. The zero-order chi connectivity index (χ0) is 16.2. The number of aryl methyl sites for hydroxylation is 2. The van der Waals surface area contributed by atoms with Crippen molar-refractivity contribution in [2.75, 3.05) is 26.2 Å². The van der Waals surface area contributed by atoms with Crippen LogP contribution in [0.25, 0.3) is 0 Å². The summed E-state index contributed by atoms with van der Waals surface area (Å²) in [4.78, 5) is 18.7. The highest BCUT2D eigenvalue weighted by Gasteiger charge is 2.30. The lowest BCUT2D eigenvalue weighted by Gasteiger charge is -2.28. The minimum Gasteiger partial charge on any atom is -0.332 e. The van der Waals surface area contributed by atoms with Crippen LogP contribution in [0.4, 0.5) is 4.79 Å². The SMILES string of the molecule is CCn1nc(C)c(CNC(=O)N2CCCC2CN2CCCC2)n1. The fourth-order valence-electron chi connectivity index (χ4n) is 3.59. The lowest BCUT2D eigenvalue weighted by atomic mass is 10.2. The number of hydrogen-bond acceptors (Lipinski definition) is 4. The van der Waals surface area contributed by atoms with Crippen LogP contribution in [0.15, 0.2) is 0 Å². The molecule has 0 bridgehead atoms. The van der Waals surface area contributed by atoms with E-state index in [0.29, 0.717) is 12.6 Å². The van der Waals surface area contributed by atoms with Gasteiger partial charge in [0.1, 0.15) is 5.69 Å². The van der Waals surface area contributed by atoms with Gasteiger partial charge in [-0.25, -0.2) is 4.79 Å². The summed E-state index contributed by atoms with van der Waals surface area (Å²) in [6.45, 7) is 9.41. The van der Waals surface area contributed by atoms with Crippen LogP contribution in [-0.4, -0.2) is 63.0 Å². The van der Waals surface area contributed by atoms with Gasteiger partial charge in [0.25, 0.3) is 0 Å². The number of carbonyl (C=O) groups is 1. The minimum absolute atomic E-state index is 0.0390. The first-order chi connectivity index (χ1) is 11.2. The Morgan fingerprint density at radius 2 is 2.00 bits per heavy atom. The largest absolute Gasteiger partial charge is 0.332 e. The van der Waals surface area contributed by atoms with Crippen molar-refractivity contribution in [2.45, 2.75) is 58.7 Å². The average molecular weight is 320 g/mol. The van der Waals surface area contributed by atoms with Gasteiger partial charge in [-0.3, -0.25) is 0 Å². The first kappa shape index (κ1) is 16.2. The number of likely N-dealkylation sites (tertiary alicyclic amines) is 2. The van der Waals surface area contributed by atoms with Crippen LogP contribution in [0.1, 0.15) is 44.0 Å². The van der Waals surface area contributed by atoms with E-state index in [1.54, 1.807) is 4.80 Å². The molecule has 3 heterocycles. The summed E-state index contributed by atoms with van der Waals surface area (Å²) in [5.74, 6) is 0. The maximum atomic E-state index is 12.5. The molecule has 1 aromatic heterocycles. The molecule has 1 aromatic rings. The van der Waals surface area contributed by atoms with Gasteiger partial charge < -0.3 is 15.1 Å². The van der Waals surface area contributed by atoms with E-state index in [1.807, 2.05) is 18.7 Å². The molecule has 0 aromatic carbocycles. The molecule has 2 aliphatic heterocycles. The van der Waals surface area contributed by atoms with Crippen LogP contribution in [-0.2, 0) is 13.1 Å². The molecule has 0 spiro atoms. The number of aromatic nitrogens is 3. The summed E-state index contributed by atoms with van der Waals surface area (Å²) in [5.41, 5.74) is 1.75. The molecule has 7 heteroatoms. The van der Waals surface area contributed by atoms with Gasteiger partial charge in [-0.1, -0.05) is 0 Å². The second-order valence-electron chi connectivity index (χ2n) is 6.58. The molecule has 2 saturated heterocycles. The predicted octanol–water partition coefficient (Wildman–Crippen LogP) is 1.38. The highest BCUT2D eigenvalue weighted by Crippen LogP contribution is 2.20. The number of amides is 2. The van der Waals surface area contributed by atoms with Gasteiger partial charge >= 0.3 is 6.03 Å². The van der Waals surface area contributed by atoms with Gasteiger partial charge in [0.15, 0.2) is 0 Å². The lowest BCUT2D eigenvalue weighted by molar-refractivity contribution is 0.174. The van der Waals surface area contributed by atoms with Crippen molar-refractivity contribution < 1.29 is 4.79 Å². The molecule has 7 nitrogen and oxygen atoms in total. The molecular formula is C16H28N6O. The van der Waals surface area contributed by atoms with Crippen molar-refractivity contribution in [2.24, 2.45) is 0 Å². The van der Waals surface area contributed by atoms with E-state index in [9.17, 15) is 4.79 Å². The topological polar surface area (TPSA) is 66.3 Å². The summed E-state index contributed by atoms with van der Waals surface area (Å²) in [6.07, 6.45) is 4.82. The lowest BCUT2D eigenvalue weighted by Crippen LogP contribution is -2.46. The van der Waals surface area contributed by atoms with E-state index in [2.05, 4.69) is 20.4 Å². The molecule has 128 valence electrons. The van der Waals surface area contributed by atoms with E-state index in [4.69, 9.17) is 0 Å². The molecule has 23 heavy (non-hydrogen) atoms. The molecule has 2 fully saturated rings. The summed E-state index contributed by atoms with van der Waals surface area (Å²) in [7, 11) is 0. The Morgan fingerprint density at radius 3 is 2.70 bits per heavy atom. The van der Waals surface area contributed by atoms with Gasteiger partial charge in [-0.05, 0) is 52.6 Å². The Balaban J connectivity index is 1.52. The van der Waals surface area contributed by atoms with Gasteiger partial charge in [-0.15, -0.1) is 0 Å². The third-order valence-corrected chi connectivity index (χ3v) is 4.91. The van der Waals surface area contributed by atoms with E-state index >= 15 is 0 Å². The third-order valence-electron chi connectivity index (χ3n) is 4.91. The molecular weight excluding hydrogens is 292 g/mol. The third kappa shape index (κ3) is 3.83. The Hall–Kier alpha value is -1.63. The zero-order valence-electron chi connectivity index (χ0n) is 14.3. The Morgan fingerprint density at radius 1 is 1.22 bits per heavy atom. The summed E-state index contributed by atoms with van der Waals surface area (Å²) in [6, 6.07) is 0.401. The van der Waals surface area contributed by atoms with Crippen molar-refractivity contribution in [1.29, 1.82) is 0 Å². The number of nitrogens with one attached hydrogen (secondary N) is 1. The average Bonchev–Trinajstić information content (AvgIpc) is 3.27. The highest BCUT2D eigenvalue weighted by atomic mass is 16.2. The van der Waals surface area contributed by atoms with Gasteiger partial charge in [0, 0.05) is 19.1 Å². The van der Waals surface area contributed by atoms with Crippen molar-refractivity contribution in [3.8, 4) is 0 Å². The number of rotatable bonds is 5. The van der Waals surface area contributed by atoms with E-state index in [-0.39, 0.29) is 6.03 Å². The molecule has 0 aliphatic carbocycles. The van der Waals surface area contributed by atoms with Crippen molar-refractivity contribution in [3.63, 3.8) is 0 Å². The highest BCUT2D eigenvalue weighted by molar-refractivity contribution is 5.74. The van der Waals surface area contributed by atoms with Crippen LogP contribution < -0.4 is 5.32 Å². The minimum atomic E-state index is 0.0390. The maximum Gasteiger partial charge on any atom is 0.318 e. The summed E-state index contributed by atoms with van der Waals surface area (Å²) < 4.78 is 0. The Labute approximate surface area is 138 Å². The van der Waals surface area contributed by atoms with Crippen molar-refractivity contribution in [3.05, 3.63) is 11.4 Å². The van der Waals surface area contributed by atoms with Crippen molar-refractivity contribution in [1.82, 2.24) is 30.1 Å². The number of urea groups is 1.